The summed E-state index contributed by atoms with van der Waals surface area (Å²) in [5.74, 6) is -1.35. The Morgan fingerprint density at radius 2 is 1.94 bits per heavy atom. The van der Waals surface area contributed by atoms with E-state index in [1.807, 2.05) is 0 Å². The largest absolute Gasteiger partial charge is 0.496 e. The highest BCUT2D eigenvalue weighted by molar-refractivity contribution is 5.98. The number of halogens is 4. The van der Waals surface area contributed by atoms with Crippen molar-refractivity contribution in [2.24, 2.45) is 0 Å². The number of anilines is 1. The number of aromatic nitrogens is 3. The molecule has 0 aliphatic rings. The van der Waals surface area contributed by atoms with Gasteiger partial charge in [-0.1, -0.05) is 6.07 Å². The molecule has 172 valence electrons. The van der Waals surface area contributed by atoms with Gasteiger partial charge in [0.1, 0.15) is 22.9 Å². The van der Waals surface area contributed by atoms with Crippen LogP contribution in [0.5, 0.6) is 5.75 Å². The highest BCUT2D eigenvalue weighted by atomic mass is 19.4. The monoisotopic (exact) mass is 461 g/mol. The second-order valence-electron chi connectivity index (χ2n) is 7.51. The summed E-state index contributed by atoms with van der Waals surface area (Å²) in [5, 5.41) is 0. The lowest BCUT2D eigenvalue weighted by molar-refractivity contribution is -0.137. The molecule has 0 bridgehead atoms. The van der Waals surface area contributed by atoms with Gasteiger partial charge in [0.2, 0.25) is 0 Å². The lowest BCUT2D eigenvalue weighted by atomic mass is 10.0. The Balaban J connectivity index is 1.73. The molecule has 2 aromatic heterocycles. The molecule has 2 aromatic carbocycles. The van der Waals surface area contributed by atoms with E-state index in [4.69, 9.17) is 10.5 Å². The van der Waals surface area contributed by atoms with Crippen LogP contribution in [0.2, 0.25) is 0 Å². The Hall–Kier alpha value is -3.89. The smallest absolute Gasteiger partial charge is 0.416 e. The highest BCUT2D eigenvalue weighted by Gasteiger charge is 2.32. The molecular weight excluding hydrogens is 442 g/mol. The molecular formula is C22H19F4N5O2. The van der Waals surface area contributed by atoms with Crippen molar-refractivity contribution in [3.05, 3.63) is 65.4 Å². The van der Waals surface area contributed by atoms with Crippen LogP contribution in [0.1, 0.15) is 34.5 Å². The second kappa shape index (κ2) is 7.91. The molecule has 1 atom stereocenters. The molecule has 0 fully saturated rings. The van der Waals surface area contributed by atoms with E-state index < -0.39 is 29.5 Å². The minimum absolute atomic E-state index is 0.0317. The first-order chi connectivity index (χ1) is 15.5. The summed E-state index contributed by atoms with van der Waals surface area (Å²) in [7, 11) is 2.67. The summed E-state index contributed by atoms with van der Waals surface area (Å²) in [6.45, 7) is 1.61. The zero-order chi connectivity index (χ0) is 24.1. The first-order valence-electron chi connectivity index (χ1n) is 9.76. The third kappa shape index (κ3) is 3.79. The molecule has 0 aliphatic carbocycles. The van der Waals surface area contributed by atoms with Gasteiger partial charge in [-0.15, -0.1) is 0 Å². The van der Waals surface area contributed by atoms with Crippen molar-refractivity contribution in [1.82, 2.24) is 19.3 Å². The van der Waals surface area contributed by atoms with Crippen molar-refractivity contribution in [1.29, 1.82) is 0 Å². The third-order valence-corrected chi connectivity index (χ3v) is 5.61. The van der Waals surface area contributed by atoms with Crippen LogP contribution in [-0.4, -0.2) is 39.3 Å². The number of carbonyl (C=O) groups excluding carboxylic acids is 1. The second-order valence-corrected chi connectivity index (χ2v) is 7.51. The van der Waals surface area contributed by atoms with E-state index in [1.54, 1.807) is 11.3 Å². The zero-order valence-corrected chi connectivity index (χ0v) is 17.8. The molecule has 4 aromatic rings. The van der Waals surface area contributed by atoms with E-state index in [0.717, 1.165) is 18.2 Å². The van der Waals surface area contributed by atoms with E-state index in [2.05, 4.69) is 9.97 Å². The normalized spacial score (nSPS) is 12.8. The molecule has 0 unspecified atom stereocenters. The molecule has 4 rings (SSSR count). The minimum atomic E-state index is -4.54. The average Bonchev–Trinajstić information content (AvgIpc) is 3.27. The Morgan fingerprint density at radius 3 is 2.61 bits per heavy atom. The Kier molecular flexibility index (Phi) is 5.35. The number of alkyl halides is 3. The quantitative estimate of drug-likeness (QED) is 0.454. The molecule has 2 N–H and O–H groups in total. The molecule has 11 heteroatoms. The summed E-state index contributed by atoms with van der Waals surface area (Å²) < 4.78 is 60.7. The predicted octanol–water partition coefficient (Wildman–Crippen LogP) is 4.46. The van der Waals surface area contributed by atoms with Gasteiger partial charge in [-0.2, -0.15) is 13.2 Å². The van der Waals surface area contributed by atoms with E-state index in [0.29, 0.717) is 16.6 Å². The van der Waals surface area contributed by atoms with Crippen LogP contribution in [0.3, 0.4) is 0 Å². The van der Waals surface area contributed by atoms with E-state index >= 15 is 0 Å². The van der Waals surface area contributed by atoms with Crippen LogP contribution in [0.25, 0.3) is 16.6 Å². The fourth-order valence-corrected chi connectivity index (χ4v) is 3.67. The van der Waals surface area contributed by atoms with Crippen LogP contribution >= 0.6 is 0 Å². The van der Waals surface area contributed by atoms with Crippen LogP contribution in [0.15, 0.2) is 42.9 Å². The molecule has 0 aliphatic heterocycles. The van der Waals surface area contributed by atoms with Crippen molar-refractivity contribution < 1.29 is 27.1 Å². The van der Waals surface area contributed by atoms with Crippen LogP contribution in [0.4, 0.5) is 23.4 Å². The van der Waals surface area contributed by atoms with Crippen LogP contribution < -0.4 is 10.5 Å². The number of ether oxygens (including phenoxy) is 1. The lowest BCUT2D eigenvalue weighted by Gasteiger charge is -2.27. The van der Waals surface area contributed by atoms with Crippen molar-refractivity contribution in [2.75, 3.05) is 19.9 Å². The van der Waals surface area contributed by atoms with E-state index in [1.165, 1.54) is 43.7 Å². The number of carbonyl (C=O) groups is 1. The summed E-state index contributed by atoms with van der Waals surface area (Å²) in [6.07, 6.45) is -1.57. The van der Waals surface area contributed by atoms with Gasteiger partial charge in [0, 0.05) is 18.7 Å². The molecule has 2 heterocycles. The number of benzene rings is 2. The number of hydrogen-bond donors (Lipinski definition) is 1. The Morgan fingerprint density at radius 1 is 1.21 bits per heavy atom. The van der Waals surface area contributed by atoms with Gasteiger partial charge in [-0.3, -0.25) is 9.20 Å². The summed E-state index contributed by atoms with van der Waals surface area (Å²) in [6, 6.07) is 4.76. The highest BCUT2D eigenvalue weighted by Crippen LogP contribution is 2.36. The van der Waals surface area contributed by atoms with Crippen molar-refractivity contribution >= 4 is 28.3 Å². The lowest BCUT2D eigenvalue weighted by Crippen LogP contribution is -2.30. The number of nitrogens with two attached hydrogens (primary N) is 1. The van der Waals surface area contributed by atoms with Gasteiger partial charge < -0.3 is 15.4 Å². The minimum Gasteiger partial charge on any atom is -0.496 e. The molecule has 0 spiro atoms. The fraction of sp³-hybridized carbons (Fsp3) is 0.227. The molecule has 1 amide bonds. The van der Waals surface area contributed by atoms with E-state index in [-0.39, 0.29) is 22.6 Å². The van der Waals surface area contributed by atoms with E-state index in [9.17, 15) is 22.4 Å². The standard InChI is InChI=1S/C22H19F4N5O2/c1-11(13-5-4-12(22(24,25)26)6-19(13)33-3)30(2)21(32)14-7-17-16(8-15(14)23)29-20(27)18-9-28-10-31(17)18/h4-11H,1-3H3,(H2,27,29)/t11-/m1/s1. The zero-order valence-electron chi connectivity index (χ0n) is 17.8. The number of amides is 1. The summed E-state index contributed by atoms with van der Waals surface area (Å²) in [4.78, 5) is 22.6. The van der Waals surface area contributed by atoms with Gasteiger partial charge in [0.25, 0.3) is 5.91 Å². The number of imidazole rings is 1. The maximum atomic E-state index is 14.9. The molecule has 0 radical (unpaired) electrons. The van der Waals surface area contributed by atoms with Gasteiger partial charge in [-0.25, -0.2) is 14.4 Å². The first kappa shape index (κ1) is 22.3. The van der Waals surface area contributed by atoms with Gasteiger partial charge in [0.15, 0.2) is 0 Å². The van der Waals surface area contributed by atoms with Crippen LogP contribution in [-0.2, 0) is 6.18 Å². The van der Waals surface area contributed by atoms with Crippen molar-refractivity contribution in [3.8, 4) is 5.75 Å². The topological polar surface area (TPSA) is 85.8 Å². The van der Waals surface area contributed by atoms with Crippen molar-refractivity contribution in [3.63, 3.8) is 0 Å². The van der Waals surface area contributed by atoms with Crippen molar-refractivity contribution in [2.45, 2.75) is 19.1 Å². The average molecular weight is 461 g/mol. The summed E-state index contributed by atoms with van der Waals surface area (Å²) in [5.41, 5.74) is 6.29. The number of rotatable bonds is 4. The Bertz CT molecular complexity index is 1380. The Labute approximate surface area is 185 Å². The maximum Gasteiger partial charge on any atom is 0.416 e. The molecule has 0 saturated heterocycles. The maximum absolute atomic E-state index is 14.9. The predicted molar refractivity (Wildman–Crippen MR) is 113 cm³/mol. The first-order valence-corrected chi connectivity index (χ1v) is 9.76. The SMILES string of the molecule is COc1cc(C(F)(F)F)ccc1[C@@H](C)N(C)C(=O)c1cc2c(cc1F)nc(N)c1cncn12. The van der Waals surface area contributed by atoms with Gasteiger partial charge in [0.05, 0.1) is 47.8 Å². The molecule has 7 nitrogen and oxygen atoms in total. The number of fused-ring (bicyclic) bond motifs is 3. The number of nitrogens with zero attached hydrogens (tertiary/aromatic N) is 4. The number of methoxy groups -OCH3 is 1. The molecule has 0 saturated carbocycles. The summed E-state index contributed by atoms with van der Waals surface area (Å²) >= 11 is 0. The molecule has 33 heavy (non-hydrogen) atoms. The van der Waals surface area contributed by atoms with Crippen LogP contribution in [0, 0.1) is 5.82 Å². The van der Waals surface area contributed by atoms with Gasteiger partial charge in [-0.05, 0) is 25.1 Å². The fourth-order valence-electron chi connectivity index (χ4n) is 3.67. The third-order valence-electron chi connectivity index (χ3n) is 5.61. The number of hydrogen-bond acceptors (Lipinski definition) is 5. The number of nitrogen functional groups attached to an aromatic ring is 1. The van der Waals surface area contributed by atoms with Gasteiger partial charge >= 0.3 is 6.18 Å².